The van der Waals surface area contributed by atoms with Crippen molar-refractivity contribution in [1.82, 2.24) is 0 Å². The summed E-state index contributed by atoms with van der Waals surface area (Å²) in [5.74, 6) is 3.20. The second-order valence-corrected chi connectivity index (χ2v) is 6.41. The van der Waals surface area contributed by atoms with E-state index >= 15 is 0 Å². The maximum absolute atomic E-state index is 3.43. The van der Waals surface area contributed by atoms with Crippen LogP contribution in [0.5, 0.6) is 0 Å². The molecule has 0 nitrogen and oxygen atoms in total. The predicted molar refractivity (Wildman–Crippen MR) is 77.6 cm³/mol. The van der Waals surface area contributed by atoms with E-state index < -0.39 is 0 Å². The number of benzene rings is 2. The molecule has 0 bridgehead atoms. The number of aryl methyl sites for hydroxylation is 1. The molecule has 0 spiro atoms. The molecule has 0 radical (unpaired) electrons. The van der Waals surface area contributed by atoms with Gasteiger partial charge in [0.2, 0.25) is 0 Å². The van der Waals surface area contributed by atoms with Gasteiger partial charge in [0.1, 0.15) is 0 Å². The summed E-state index contributed by atoms with van der Waals surface area (Å²) in [5.41, 5.74) is 2.36. The normalized spacial score (nSPS) is 9.53. The first-order valence-corrected chi connectivity index (χ1v) is 7.75. The van der Waals surface area contributed by atoms with Gasteiger partial charge in [-0.25, -0.2) is 0 Å². The maximum atomic E-state index is 3.43. The molecule has 0 aliphatic heterocycles. The van der Waals surface area contributed by atoms with Gasteiger partial charge in [-0.2, -0.15) is 0 Å². The summed E-state index contributed by atoms with van der Waals surface area (Å²) in [4.78, 5) is 3.25. The van der Waals surface area contributed by atoms with Crippen LogP contribution in [0.2, 0.25) is 0 Å². The number of hydrogen-bond donors (Lipinski definition) is 0. The SMILES string of the molecule is Cc1ccc(C#C[Se]c2ccc(Br)cc2)cc1. The predicted octanol–water partition coefficient (Wildman–Crippen LogP) is 3.10. The van der Waals surface area contributed by atoms with Crippen molar-refractivity contribution in [2.75, 3.05) is 0 Å². The topological polar surface area (TPSA) is 0 Å². The molecule has 0 aromatic heterocycles. The molecule has 84 valence electrons. The van der Waals surface area contributed by atoms with Crippen LogP contribution in [0.15, 0.2) is 53.0 Å². The zero-order valence-electron chi connectivity index (χ0n) is 9.41. The van der Waals surface area contributed by atoms with E-state index in [1.807, 2.05) is 0 Å². The van der Waals surface area contributed by atoms with Crippen molar-refractivity contribution in [2.45, 2.75) is 6.92 Å². The summed E-state index contributed by atoms with van der Waals surface area (Å²) in [5, 5.41) is 0. The van der Waals surface area contributed by atoms with Crippen molar-refractivity contribution < 1.29 is 0 Å². The fraction of sp³-hybridized carbons (Fsp3) is 0.0667. The van der Waals surface area contributed by atoms with Crippen molar-refractivity contribution >= 4 is 35.3 Å². The Kier molecular flexibility index (Phi) is 4.45. The summed E-state index contributed by atoms with van der Waals surface area (Å²) < 4.78 is 2.42. The first kappa shape index (κ1) is 12.5. The Bertz CT molecular complexity index is 544. The van der Waals surface area contributed by atoms with E-state index in [-0.39, 0.29) is 15.0 Å². The van der Waals surface area contributed by atoms with Crippen molar-refractivity contribution in [1.29, 1.82) is 0 Å². The van der Waals surface area contributed by atoms with Gasteiger partial charge in [0.25, 0.3) is 0 Å². The molecule has 0 aliphatic rings. The molecule has 0 saturated heterocycles. The Labute approximate surface area is 117 Å². The molecule has 0 aliphatic carbocycles. The molecule has 0 amide bonds. The van der Waals surface area contributed by atoms with E-state index in [0.717, 1.165) is 10.0 Å². The van der Waals surface area contributed by atoms with Gasteiger partial charge < -0.3 is 0 Å². The first-order valence-electron chi connectivity index (χ1n) is 5.24. The minimum atomic E-state index is 0.228. The molecule has 0 unspecified atom stereocenters. The third kappa shape index (κ3) is 4.06. The molecule has 2 aromatic rings. The second kappa shape index (κ2) is 6.07. The van der Waals surface area contributed by atoms with Crippen molar-refractivity contribution in [3.8, 4) is 10.7 Å². The van der Waals surface area contributed by atoms with Gasteiger partial charge in [0, 0.05) is 0 Å². The van der Waals surface area contributed by atoms with Crippen LogP contribution in [0.25, 0.3) is 0 Å². The van der Waals surface area contributed by atoms with Gasteiger partial charge in [0.15, 0.2) is 0 Å². The Morgan fingerprint density at radius 1 is 0.941 bits per heavy atom. The van der Waals surface area contributed by atoms with Crippen LogP contribution in [0.4, 0.5) is 0 Å². The molecule has 2 heteroatoms. The van der Waals surface area contributed by atoms with Crippen molar-refractivity contribution in [2.24, 2.45) is 0 Å². The van der Waals surface area contributed by atoms with Crippen molar-refractivity contribution in [3.05, 3.63) is 64.1 Å². The van der Waals surface area contributed by atoms with E-state index in [1.54, 1.807) is 0 Å². The molecule has 0 atom stereocenters. The molecule has 2 rings (SSSR count). The Morgan fingerprint density at radius 3 is 2.24 bits per heavy atom. The van der Waals surface area contributed by atoms with E-state index in [9.17, 15) is 0 Å². The van der Waals surface area contributed by atoms with Crippen LogP contribution in [-0.2, 0) is 0 Å². The van der Waals surface area contributed by atoms with E-state index in [0.29, 0.717) is 0 Å². The molecular formula is C15H11BrSe. The number of hydrogen-bond acceptors (Lipinski definition) is 0. The van der Waals surface area contributed by atoms with Crippen LogP contribution in [-0.4, -0.2) is 15.0 Å². The average Bonchev–Trinajstić information content (AvgIpc) is 2.34. The Balaban J connectivity index is 2.03. The Morgan fingerprint density at radius 2 is 1.59 bits per heavy atom. The van der Waals surface area contributed by atoms with E-state index in [2.05, 4.69) is 82.1 Å². The van der Waals surface area contributed by atoms with Gasteiger partial charge in [0.05, 0.1) is 0 Å². The van der Waals surface area contributed by atoms with E-state index in [1.165, 1.54) is 10.0 Å². The summed E-state index contributed by atoms with van der Waals surface area (Å²) in [6, 6.07) is 16.7. The zero-order chi connectivity index (χ0) is 12.1. The van der Waals surface area contributed by atoms with Gasteiger partial charge >= 0.3 is 117 Å². The molecule has 0 heterocycles. The summed E-state index contributed by atoms with van der Waals surface area (Å²) in [7, 11) is 0. The van der Waals surface area contributed by atoms with Gasteiger partial charge in [-0.15, -0.1) is 0 Å². The first-order chi connectivity index (χ1) is 8.24. The zero-order valence-corrected chi connectivity index (χ0v) is 12.7. The minimum absolute atomic E-state index is 0.228. The van der Waals surface area contributed by atoms with Gasteiger partial charge in [-0.1, -0.05) is 0 Å². The summed E-state index contributed by atoms with van der Waals surface area (Å²) in [6.45, 7) is 2.09. The molecule has 0 saturated carbocycles. The molecule has 0 fully saturated rings. The molecule has 0 N–H and O–H groups in total. The van der Waals surface area contributed by atoms with Crippen LogP contribution in [0.1, 0.15) is 11.1 Å². The van der Waals surface area contributed by atoms with Crippen LogP contribution in [0.3, 0.4) is 0 Å². The summed E-state index contributed by atoms with van der Waals surface area (Å²) in [6.07, 6.45) is 0. The standard InChI is InChI=1S/C15H11BrSe/c1-12-2-4-13(5-3-12)10-11-17-15-8-6-14(16)7-9-15/h2-9H,1H3. The third-order valence-electron chi connectivity index (χ3n) is 2.23. The van der Waals surface area contributed by atoms with Crippen LogP contribution >= 0.6 is 15.9 Å². The quantitative estimate of drug-likeness (QED) is 0.548. The van der Waals surface area contributed by atoms with Crippen molar-refractivity contribution in [3.63, 3.8) is 0 Å². The van der Waals surface area contributed by atoms with Gasteiger partial charge in [-0.3, -0.25) is 0 Å². The Hall–Kier alpha value is -1.00. The fourth-order valence-electron chi connectivity index (χ4n) is 1.28. The molecular weight excluding hydrogens is 339 g/mol. The molecule has 2 aromatic carbocycles. The van der Waals surface area contributed by atoms with E-state index in [4.69, 9.17) is 0 Å². The second-order valence-electron chi connectivity index (χ2n) is 3.65. The average molecular weight is 350 g/mol. The number of halogens is 1. The molecule has 17 heavy (non-hydrogen) atoms. The summed E-state index contributed by atoms with van der Waals surface area (Å²) >= 11 is 3.66. The van der Waals surface area contributed by atoms with Crippen LogP contribution < -0.4 is 4.46 Å². The van der Waals surface area contributed by atoms with Gasteiger partial charge in [-0.05, 0) is 0 Å². The van der Waals surface area contributed by atoms with Crippen LogP contribution in [0, 0.1) is 17.7 Å². The monoisotopic (exact) mass is 350 g/mol. The fourth-order valence-corrected chi connectivity index (χ4v) is 2.72. The number of rotatable bonds is 1. The third-order valence-corrected chi connectivity index (χ3v) is 4.25.